The van der Waals surface area contributed by atoms with E-state index in [1.807, 2.05) is 6.92 Å². The number of hydrogen-bond acceptors (Lipinski definition) is 5. The minimum Gasteiger partial charge on any atom is -0.383 e. The fourth-order valence-electron chi connectivity index (χ4n) is 1.34. The molecule has 6 nitrogen and oxygen atoms in total. The number of pyridine rings is 1. The highest BCUT2D eigenvalue weighted by molar-refractivity contribution is 9.10. The molecule has 0 saturated carbocycles. The van der Waals surface area contributed by atoms with Crippen molar-refractivity contribution in [2.45, 2.75) is 19.4 Å². The van der Waals surface area contributed by atoms with E-state index in [9.17, 15) is 10.1 Å². The van der Waals surface area contributed by atoms with E-state index in [-0.39, 0.29) is 17.5 Å². The van der Waals surface area contributed by atoms with Crippen molar-refractivity contribution < 1.29 is 9.66 Å². The third-order valence-electron chi connectivity index (χ3n) is 2.23. The summed E-state index contributed by atoms with van der Waals surface area (Å²) in [6.45, 7) is 2.45. The molecule has 0 radical (unpaired) electrons. The van der Waals surface area contributed by atoms with Gasteiger partial charge in [0.15, 0.2) is 0 Å². The Morgan fingerprint density at radius 3 is 2.94 bits per heavy atom. The summed E-state index contributed by atoms with van der Waals surface area (Å²) in [6.07, 6.45) is 2.32. The van der Waals surface area contributed by atoms with Crippen LogP contribution in [0.3, 0.4) is 0 Å². The van der Waals surface area contributed by atoms with E-state index < -0.39 is 4.92 Å². The van der Waals surface area contributed by atoms with E-state index in [1.165, 1.54) is 12.3 Å². The van der Waals surface area contributed by atoms with Crippen LogP contribution in [0.25, 0.3) is 0 Å². The normalized spacial score (nSPS) is 12.2. The first-order chi connectivity index (χ1) is 8.08. The lowest BCUT2D eigenvalue weighted by atomic mass is 10.2. The van der Waals surface area contributed by atoms with Crippen LogP contribution in [0.5, 0.6) is 0 Å². The second kappa shape index (κ2) is 6.51. The number of nitrogens with one attached hydrogen (secondary N) is 1. The molecule has 1 rings (SSSR count). The molecule has 0 spiro atoms. The van der Waals surface area contributed by atoms with Crippen LogP contribution in [-0.4, -0.2) is 29.7 Å². The average molecular weight is 304 g/mol. The number of aromatic nitrogens is 1. The summed E-state index contributed by atoms with van der Waals surface area (Å²) < 4.78 is 5.60. The molecule has 1 atom stereocenters. The average Bonchev–Trinajstić information content (AvgIpc) is 2.30. The lowest BCUT2D eigenvalue weighted by Gasteiger charge is -2.16. The van der Waals surface area contributed by atoms with E-state index >= 15 is 0 Å². The number of rotatable bonds is 6. The lowest BCUT2D eigenvalue weighted by Crippen LogP contribution is -2.24. The fraction of sp³-hybridized carbons (Fsp3) is 0.500. The van der Waals surface area contributed by atoms with E-state index in [2.05, 4.69) is 26.2 Å². The van der Waals surface area contributed by atoms with Crippen molar-refractivity contribution in [1.29, 1.82) is 0 Å². The second-order valence-corrected chi connectivity index (χ2v) is 4.40. The molecule has 0 aromatic carbocycles. The van der Waals surface area contributed by atoms with Crippen LogP contribution in [0.1, 0.15) is 13.3 Å². The van der Waals surface area contributed by atoms with Gasteiger partial charge in [0.1, 0.15) is 0 Å². The lowest BCUT2D eigenvalue weighted by molar-refractivity contribution is -0.384. The topological polar surface area (TPSA) is 77.3 Å². The van der Waals surface area contributed by atoms with Crippen LogP contribution in [0, 0.1) is 10.1 Å². The van der Waals surface area contributed by atoms with Gasteiger partial charge in [0.25, 0.3) is 0 Å². The van der Waals surface area contributed by atoms with Crippen molar-refractivity contribution >= 4 is 27.4 Å². The van der Waals surface area contributed by atoms with Crippen molar-refractivity contribution in [1.82, 2.24) is 4.98 Å². The molecule has 1 aromatic heterocycles. The maximum Gasteiger partial charge on any atom is 0.312 e. The number of anilines is 1. The summed E-state index contributed by atoms with van der Waals surface area (Å²) in [7, 11) is 1.59. The molecule has 7 heteroatoms. The van der Waals surface area contributed by atoms with Crippen LogP contribution >= 0.6 is 15.9 Å². The van der Waals surface area contributed by atoms with Crippen molar-refractivity contribution in [2.24, 2.45) is 0 Å². The molecule has 0 aliphatic rings. The van der Waals surface area contributed by atoms with Crippen LogP contribution in [-0.2, 0) is 4.74 Å². The van der Waals surface area contributed by atoms with Crippen LogP contribution in [0.2, 0.25) is 0 Å². The first kappa shape index (κ1) is 13.9. The Morgan fingerprint density at radius 2 is 2.41 bits per heavy atom. The molecule has 0 aliphatic heterocycles. The van der Waals surface area contributed by atoms with Crippen molar-refractivity contribution in [3.63, 3.8) is 0 Å². The van der Waals surface area contributed by atoms with Gasteiger partial charge in [-0.2, -0.15) is 0 Å². The van der Waals surface area contributed by atoms with Crippen LogP contribution < -0.4 is 5.32 Å². The van der Waals surface area contributed by atoms with Gasteiger partial charge in [-0.3, -0.25) is 10.1 Å². The molecule has 0 bridgehead atoms. The number of methoxy groups -OCH3 is 1. The highest BCUT2D eigenvalue weighted by Crippen LogP contribution is 2.26. The predicted molar refractivity (Wildman–Crippen MR) is 68.2 cm³/mol. The van der Waals surface area contributed by atoms with E-state index in [4.69, 9.17) is 4.74 Å². The molecule has 0 saturated heterocycles. The Kier molecular flexibility index (Phi) is 5.30. The fourth-order valence-corrected chi connectivity index (χ4v) is 1.65. The Hall–Kier alpha value is -1.21. The number of halogens is 1. The first-order valence-electron chi connectivity index (χ1n) is 5.13. The van der Waals surface area contributed by atoms with E-state index in [0.717, 1.165) is 6.42 Å². The van der Waals surface area contributed by atoms with Gasteiger partial charge in [-0.15, -0.1) is 0 Å². The molecule has 94 valence electrons. The monoisotopic (exact) mass is 303 g/mol. The van der Waals surface area contributed by atoms with Gasteiger partial charge >= 0.3 is 5.69 Å². The van der Waals surface area contributed by atoms with Gasteiger partial charge in [0.2, 0.25) is 5.82 Å². The Labute approximate surface area is 108 Å². The zero-order chi connectivity index (χ0) is 12.8. The van der Waals surface area contributed by atoms with Gasteiger partial charge in [-0.25, -0.2) is 4.98 Å². The smallest absolute Gasteiger partial charge is 0.312 e. The summed E-state index contributed by atoms with van der Waals surface area (Å²) in [5.41, 5.74) is -0.0473. The second-order valence-electron chi connectivity index (χ2n) is 3.48. The number of hydrogen-bond donors (Lipinski definition) is 1. The molecule has 1 aromatic rings. The highest BCUT2D eigenvalue weighted by Gasteiger charge is 2.18. The summed E-state index contributed by atoms with van der Waals surface area (Å²) in [5, 5.41) is 13.9. The van der Waals surface area contributed by atoms with Crippen molar-refractivity contribution in [3.8, 4) is 0 Å². The molecule has 1 heterocycles. The third-order valence-corrected chi connectivity index (χ3v) is 2.67. The molecule has 0 amide bonds. The zero-order valence-corrected chi connectivity index (χ0v) is 11.2. The maximum atomic E-state index is 10.9. The van der Waals surface area contributed by atoms with Crippen LogP contribution in [0.4, 0.5) is 11.5 Å². The number of nitrogens with zero attached hydrogens (tertiary/aromatic N) is 2. The standard InChI is InChI=1S/C10H14BrN3O3/c1-3-8(6-17-2)13-10-9(14(15)16)4-7(11)5-12-10/h4-5,8H,3,6H2,1-2H3,(H,12,13). The number of nitro groups is 1. The molecular formula is C10H14BrN3O3. The summed E-state index contributed by atoms with van der Waals surface area (Å²) in [4.78, 5) is 14.4. The Balaban J connectivity index is 2.92. The van der Waals surface area contributed by atoms with E-state index in [1.54, 1.807) is 7.11 Å². The van der Waals surface area contributed by atoms with Crippen LogP contribution in [0.15, 0.2) is 16.7 Å². The SMILES string of the molecule is CCC(COC)Nc1ncc(Br)cc1[N+](=O)[O-]. The highest BCUT2D eigenvalue weighted by atomic mass is 79.9. The largest absolute Gasteiger partial charge is 0.383 e. The molecular weight excluding hydrogens is 290 g/mol. The number of ether oxygens (including phenoxy) is 1. The van der Waals surface area contributed by atoms with Gasteiger partial charge in [0, 0.05) is 23.8 Å². The van der Waals surface area contributed by atoms with Gasteiger partial charge < -0.3 is 10.1 Å². The third kappa shape index (κ3) is 3.94. The van der Waals surface area contributed by atoms with Crippen molar-refractivity contribution in [3.05, 3.63) is 26.9 Å². The van der Waals surface area contributed by atoms with Gasteiger partial charge in [-0.05, 0) is 22.4 Å². The first-order valence-corrected chi connectivity index (χ1v) is 5.93. The summed E-state index contributed by atoms with van der Waals surface area (Å²) in [6, 6.07) is 1.43. The quantitative estimate of drug-likeness (QED) is 0.645. The summed E-state index contributed by atoms with van der Waals surface area (Å²) >= 11 is 3.16. The van der Waals surface area contributed by atoms with E-state index in [0.29, 0.717) is 11.1 Å². The molecule has 1 unspecified atom stereocenters. The Bertz CT molecular complexity index is 400. The Morgan fingerprint density at radius 1 is 1.71 bits per heavy atom. The summed E-state index contributed by atoms with van der Waals surface area (Å²) in [5.74, 6) is 0.266. The minimum absolute atomic E-state index is 0.00683. The molecule has 0 aliphatic carbocycles. The zero-order valence-electron chi connectivity index (χ0n) is 9.64. The maximum absolute atomic E-state index is 10.9. The van der Waals surface area contributed by atoms with Gasteiger partial charge in [0.05, 0.1) is 17.6 Å². The molecule has 1 N–H and O–H groups in total. The predicted octanol–water partition coefficient (Wildman–Crippen LogP) is 2.59. The molecule has 0 fully saturated rings. The molecule has 17 heavy (non-hydrogen) atoms. The van der Waals surface area contributed by atoms with Gasteiger partial charge in [-0.1, -0.05) is 6.92 Å². The minimum atomic E-state index is -0.459. The van der Waals surface area contributed by atoms with Crippen molar-refractivity contribution in [2.75, 3.05) is 19.0 Å².